The lowest BCUT2D eigenvalue weighted by molar-refractivity contribution is -0.146. The third kappa shape index (κ3) is 3.93. The first kappa shape index (κ1) is 16.2. The second-order valence-electron chi connectivity index (χ2n) is 4.66. The number of rotatable bonds is 6. The molecule has 2 aromatic rings. The van der Waals surface area contributed by atoms with E-state index < -0.39 is 17.3 Å². The zero-order chi connectivity index (χ0) is 16.1. The molecule has 0 aromatic heterocycles. The molecule has 0 spiro atoms. The van der Waals surface area contributed by atoms with E-state index in [0.717, 1.165) is 4.90 Å². The molecule has 2 rings (SSSR count). The molecule has 0 fully saturated rings. The quantitative estimate of drug-likeness (QED) is 0.560. The summed E-state index contributed by atoms with van der Waals surface area (Å²) in [6.45, 7) is 0. The fourth-order valence-corrected chi connectivity index (χ4v) is 3.06. The summed E-state index contributed by atoms with van der Waals surface area (Å²) in [6, 6.07) is 14.0. The Labute approximate surface area is 132 Å². The van der Waals surface area contributed by atoms with E-state index in [2.05, 4.69) is 0 Å². The highest BCUT2D eigenvalue weighted by molar-refractivity contribution is 7.99. The molecule has 0 saturated heterocycles. The third-order valence-electron chi connectivity index (χ3n) is 3.13. The van der Waals surface area contributed by atoms with Gasteiger partial charge in [0.05, 0.1) is 12.4 Å². The normalized spacial score (nSPS) is 13.4. The summed E-state index contributed by atoms with van der Waals surface area (Å²) in [5, 5.41) is 18.5. The maximum absolute atomic E-state index is 11.2. The van der Waals surface area contributed by atoms with Crippen molar-refractivity contribution < 1.29 is 19.7 Å². The van der Waals surface area contributed by atoms with Crippen molar-refractivity contribution >= 4 is 23.4 Å². The zero-order valence-corrected chi connectivity index (χ0v) is 12.8. The van der Waals surface area contributed by atoms with Gasteiger partial charge in [0.25, 0.3) is 0 Å². The van der Waals surface area contributed by atoms with Crippen molar-refractivity contribution in [2.45, 2.75) is 16.2 Å². The highest BCUT2D eigenvalue weighted by atomic mass is 32.2. The van der Waals surface area contributed by atoms with Crippen LogP contribution in [0.1, 0.15) is 10.8 Å². The third-order valence-corrected chi connectivity index (χ3v) is 4.46. The van der Waals surface area contributed by atoms with Crippen LogP contribution in [0.3, 0.4) is 0 Å². The Bertz CT molecular complexity index is 628. The molecule has 0 saturated carbocycles. The van der Waals surface area contributed by atoms with Crippen molar-refractivity contribution in [1.29, 1.82) is 0 Å². The lowest BCUT2D eigenvalue weighted by Gasteiger charge is -2.20. The van der Waals surface area contributed by atoms with Crippen LogP contribution in [0.5, 0.6) is 5.75 Å². The van der Waals surface area contributed by atoms with E-state index in [4.69, 9.17) is 15.6 Å². The first-order valence-electron chi connectivity index (χ1n) is 6.58. The van der Waals surface area contributed by atoms with Crippen molar-refractivity contribution in [2.75, 3.05) is 12.8 Å². The van der Waals surface area contributed by atoms with Crippen molar-refractivity contribution in [3.63, 3.8) is 0 Å². The van der Waals surface area contributed by atoms with Gasteiger partial charge in [-0.3, -0.25) is 0 Å². The molecule has 6 heteroatoms. The Hall–Kier alpha value is -2.18. The molecular formula is C16H17NO4S. The number of nitrogen functional groups attached to an aromatic ring is 1. The monoisotopic (exact) mass is 319 g/mol. The maximum Gasteiger partial charge on any atom is 0.334 e. The molecule has 2 unspecified atom stereocenters. The number of carboxylic acid groups (broad SMARTS) is 1. The van der Waals surface area contributed by atoms with E-state index in [-0.39, 0.29) is 0 Å². The molecule has 0 aliphatic rings. The molecule has 116 valence electrons. The van der Waals surface area contributed by atoms with E-state index in [0.29, 0.717) is 17.0 Å². The van der Waals surface area contributed by atoms with Gasteiger partial charge < -0.3 is 20.7 Å². The van der Waals surface area contributed by atoms with E-state index in [9.17, 15) is 9.90 Å². The largest absolute Gasteiger partial charge is 0.497 e. The summed E-state index contributed by atoms with van der Waals surface area (Å²) in [5.41, 5.74) is 6.98. The van der Waals surface area contributed by atoms with Crippen molar-refractivity contribution in [2.24, 2.45) is 0 Å². The van der Waals surface area contributed by atoms with Crippen LogP contribution in [-0.4, -0.2) is 29.4 Å². The van der Waals surface area contributed by atoms with Crippen LogP contribution in [-0.2, 0) is 4.79 Å². The molecule has 2 atom stereocenters. The average molecular weight is 319 g/mol. The molecule has 0 amide bonds. The standard InChI is InChI=1S/C16H17NO4S/c1-21-12-6-2-10(3-7-12)15(14(18)16(19)20)22-13-8-4-11(17)5-9-13/h2-9,14-15,18H,17H2,1H3,(H,19,20). The zero-order valence-electron chi connectivity index (χ0n) is 12.0. The number of aliphatic hydroxyl groups excluding tert-OH is 1. The molecule has 0 aliphatic heterocycles. The summed E-state index contributed by atoms with van der Waals surface area (Å²) in [5.74, 6) is -0.589. The minimum Gasteiger partial charge on any atom is -0.497 e. The second kappa shape index (κ2) is 7.20. The Morgan fingerprint density at radius 2 is 1.73 bits per heavy atom. The first-order chi connectivity index (χ1) is 10.5. The number of benzene rings is 2. The number of ether oxygens (including phenoxy) is 1. The number of thioether (sulfide) groups is 1. The van der Waals surface area contributed by atoms with Crippen LogP contribution in [0, 0.1) is 0 Å². The van der Waals surface area contributed by atoms with Crippen molar-refractivity contribution in [3.8, 4) is 5.75 Å². The van der Waals surface area contributed by atoms with Gasteiger partial charge in [0.15, 0.2) is 6.10 Å². The summed E-state index contributed by atoms with van der Waals surface area (Å²) in [7, 11) is 1.56. The molecule has 0 radical (unpaired) electrons. The van der Waals surface area contributed by atoms with E-state index in [1.165, 1.54) is 11.8 Å². The summed E-state index contributed by atoms with van der Waals surface area (Å²) < 4.78 is 5.09. The second-order valence-corrected chi connectivity index (χ2v) is 5.88. The van der Waals surface area contributed by atoms with Gasteiger partial charge in [0.1, 0.15) is 5.75 Å². The number of anilines is 1. The molecule has 0 bridgehead atoms. The smallest absolute Gasteiger partial charge is 0.334 e. The number of hydrogen-bond donors (Lipinski definition) is 3. The topological polar surface area (TPSA) is 92.8 Å². The van der Waals surface area contributed by atoms with Gasteiger partial charge >= 0.3 is 5.97 Å². The SMILES string of the molecule is COc1ccc(C(Sc2ccc(N)cc2)C(O)C(=O)O)cc1. The van der Waals surface area contributed by atoms with Gasteiger partial charge in [0, 0.05) is 10.6 Å². The number of methoxy groups -OCH3 is 1. The highest BCUT2D eigenvalue weighted by Crippen LogP contribution is 2.38. The minimum atomic E-state index is -1.52. The number of aliphatic hydroxyl groups is 1. The van der Waals surface area contributed by atoms with Gasteiger partial charge in [-0.1, -0.05) is 12.1 Å². The molecule has 22 heavy (non-hydrogen) atoms. The fourth-order valence-electron chi connectivity index (χ4n) is 1.93. The van der Waals surface area contributed by atoms with Crippen LogP contribution in [0.2, 0.25) is 0 Å². The van der Waals surface area contributed by atoms with Crippen LogP contribution in [0.25, 0.3) is 0 Å². The molecule has 5 nitrogen and oxygen atoms in total. The average Bonchev–Trinajstić information content (AvgIpc) is 2.54. The minimum absolute atomic E-state index is 0.629. The first-order valence-corrected chi connectivity index (χ1v) is 7.46. The lowest BCUT2D eigenvalue weighted by atomic mass is 10.1. The summed E-state index contributed by atoms with van der Waals surface area (Å²) >= 11 is 1.27. The molecular weight excluding hydrogens is 302 g/mol. The van der Waals surface area contributed by atoms with Crippen molar-refractivity contribution in [3.05, 3.63) is 54.1 Å². The van der Waals surface area contributed by atoms with Crippen LogP contribution < -0.4 is 10.5 Å². The predicted molar refractivity (Wildman–Crippen MR) is 86.1 cm³/mol. The molecule has 0 aliphatic carbocycles. The highest BCUT2D eigenvalue weighted by Gasteiger charge is 2.28. The van der Waals surface area contributed by atoms with Gasteiger partial charge in [-0.25, -0.2) is 4.79 Å². The van der Waals surface area contributed by atoms with Gasteiger partial charge in [-0.05, 0) is 42.0 Å². The summed E-state index contributed by atoms with van der Waals surface area (Å²) in [4.78, 5) is 12.0. The Balaban J connectivity index is 2.29. The van der Waals surface area contributed by atoms with E-state index >= 15 is 0 Å². The Morgan fingerprint density at radius 3 is 2.23 bits per heavy atom. The molecule has 0 heterocycles. The Morgan fingerprint density at radius 1 is 1.14 bits per heavy atom. The van der Waals surface area contributed by atoms with Gasteiger partial charge in [0.2, 0.25) is 0 Å². The maximum atomic E-state index is 11.2. The van der Waals surface area contributed by atoms with Crippen LogP contribution >= 0.6 is 11.8 Å². The number of carbonyl (C=O) groups is 1. The van der Waals surface area contributed by atoms with Crippen LogP contribution in [0.4, 0.5) is 5.69 Å². The van der Waals surface area contributed by atoms with Crippen molar-refractivity contribution in [1.82, 2.24) is 0 Å². The van der Waals surface area contributed by atoms with E-state index in [1.807, 2.05) is 0 Å². The predicted octanol–water partition coefficient (Wildman–Crippen LogP) is 2.56. The summed E-state index contributed by atoms with van der Waals surface area (Å²) in [6.07, 6.45) is -1.52. The molecule has 4 N–H and O–H groups in total. The number of aliphatic carboxylic acids is 1. The molecule has 2 aromatic carbocycles. The van der Waals surface area contributed by atoms with E-state index in [1.54, 1.807) is 55.6 Å². The van der Waals surface area contributed by atoms with Gasteiger partial charge in [-0.15, -0.1) is 11.8 Å². The van der Waals surface area contributed by atoms with Gasteiger partial charge in [-0.2, -0.15) is 0 Å². The number of hydrogen-bond acceptors (Lipinski definition) is 5. The number of nitrogens with two attached hydrogens (primary N) is 1. The van der Waals surface area contributed by atoms with Crippen LogP contribution in [0.15, 0.2) is 53.4 Å². The Kier molecular flexibility index (Phi) is 5.30. The fraction of sp³-hybridized carbons (Fsp3) is 0.188. The number of carboxylic acids is 1. The lowest BCUT2D eigenvalue weighted by Crippen LogP contribution is -2.25.